The van der Waals surface area contributed by atoms with Gasteiger partial charge in [-0.05, 0) is 38.4 Å². The van der Waals surface area contributed by atoms with Crippen LogP contribution in [0.5, 0.6) is 0 Å². The van der Waals surface area contributed by atoms with Gasteiger partial charge in [0.25, 0.3) is 5.56 Å². The molecule has 4 nitrogen and oxygen atoms in total. The van der Waals surface area contributed by atoms with Gasteiger partial charge in [-0.3, -0.25) is 9.36 Å². The van der Waals surface area contributed by atoms with Crippen LogP contribution < -0.4 is 10.9 Å². The predicted octanol–water partition coefficient (Wildman–Crippen LogP) is 2.72. The summed E-state index contributed by atoms with van der Waals surface area (Å²) in [6.45, 7) is 9.93. The second kappa shape index (κ2) is 6.18. The topological polar surface area (TPSA) is 46.9 Å². The lowest BCUT2D eigenvalue weighted by Gasteiger charge is -2.19. The average molecular weight is 273 g/mol. The van der Waals surface area contributed by atoms with E-state index in [1.807, 2.05) is 31.2 Å². The molecule has 2 aromatic rings. The summed E-state index contributed by atoms with van der Waals surface area (Å²) in [6, 6.07) is 7.60. The number of rotatable bonds is 5. The molecule has 0 amide bonds. The Morgan fingerprint density at radius 2 is 1.95 bits per heavy atom. The summed E-state index contributed by atoms with van der Waals surface area (Å²) >= 11 is 0. The summed E-state index contributed by atoms with van der Waals surface area (Å²) in [5, 5.41) is 4.13. The zero-order valence-corrected chi connectivity index (χ0v) is 12.7. The van der Waals surface area contributed by atoms with Gasteiger partial charge in [-0.25, -0.2) is 4.98 Å². The van der Waals surface area contributed by atoms with Crippen molar-refractivity contribution < 1.29 is 0 Å². The molecular formula is C16H23N3O. The number of nitrogens with zero attached hydrogens (tertiary/aromatic N) is 2. The normalized spacial score (nSPS) is 13.1. The van der Waals surface area contributed by atoms with Gasteiger partial charge in [-0.2, -0.15) is 0 Å². The van der Waals surface area contributed by atoms with Crippen molar-refractivity contribution in [2.45, 2.75) is 40.3 Å². The number of fused-ring (bicyclic) bond motifs is 1. The average Bonchev–Trinajstić information content (AvgIpc) is 2.44. The molecule has 2 rings (SSSR count). The Morgan fingerprint density at radius 1 is 1.25 bits per heavy atom. The van der Waals surface area contributed by atoms with Crippen molar-refractivity contribution in [3.63, 3.8) is 0 Å². The third kappa shape index (κ3) is 2.90. The minimum atomic E-state index is 0.0475. The van der Waals surface area contributed by atoms with E-state index in [-0.39, 0.29) is 11.6 Å². The van der Waals surface area contributed by atoms with Crippen molar-refractivity contribution >= 4 is 10.9 Å². The maximum absolute atomic E-state index is 12.5. The lowest BCUT2D eigenvalue weighted by Crippen LogP contribution is -2.32. The van der Waals surface area contributed by atoms with Crippen LogP contribution in [0.25, 0.3) is 10.9 Å². The van der Waals surface area contributed by atoms with Crippen LogP contribution in [-0.2, 0) is 6.54 Å². The van der Waals surface area contributed by atoms with Crippen LogP contribution in [-0.4, -0.2) is 16.1 Å². The van der Waals surface area contributed by atoms with E-state index in [9.17, 15) is 4.79 Å². The van der Waals surface area contributed by atoms with Gasteiger partial charge >= 0.3 is 0 Å². The fourth-order valence-electron chi connectivity index (χ4n) is 2.33. The van der Waals surface area contributed by atoms with Crippen LogP contribution >= 0.6 is 0 Å². The molecule has 0 radical (unpaired) electrons. The fraction of sp³-hybridized carbons (Fsp3) is 0.500. The van der Waals surface area contributed by atoms with Gasteiger partial charge in [0, 0.05) is 6.54 Å². The Balaban J connectivity index is 2.49. The standard InChI is InChI=1S/C16H23N3O/c1-5-19-15(12(4)17-10-11(2)3)18-14-9-7-6-8-13(14)16(19)20/h6-9,11-12,17H,5,10H2,1-4H3/t12-/m0/s1. The molecule has 1 atom stereocenters. The first-order valence-electron chi connectivity index (χ1n) is 7.27. The number of hydrogen-bond donors (Lipinski definition) is 1. The number of hydrogen-bond acceptors (Lipinski definition) is 3. The Kier molecular flexibility index (Phi) is 4.55. The van der Waals surface area contributed by atoms with Gasteiger partial charge in [-0.15, -0.1) is 0 Å². The lowest BCUT2D eigenvalue weighted by atomic mass is 10.2. The Bertz CT molecular complexity index is 646. The van der Waals surface area contributed by atoms with E-state index < -0.39 is 0 Å². The van der Waals surface area contributed by atoms with E-state index >= 15 is 0 Å². The highest BCUT2D eigenvalue weighted by Crippen LogP contribution is 2.13. The zero-order chi connectivity index (χ0) is 14.7. The molecular weight excluding hydrogens is 250 g/mol. The fourth-order valence-corrected chi connectivity index (χ4v) is 2.33. The number of nitrogens with one attached hydrogen (secondary N) is 1. The molecule has 0 spiro atoms. The number of para-hydroxylation sites is 1. The van der Waals surface area contributed by atoms with Gasteiger partial charge in [0.2, 0.25) is 0 Å². The molecule has 1 aromatic carbocycles. The molecule has 0 unspecified atom stereocenters. The molecule has 1 N–H and O–H groups in total. The van der Waals surface area contributed by atoms with Gasteiger partial charge in [0.1, 0.15) is 5.82 Å². The second-order valence-electron chi connectivity index (χ2n) is 5.56. The maximum Gasteiger partial charge on any atom is 0.261 e. The van der Waals surface area contributed by atoms with Crippen molar-refractivity contribution in [1.29, 1.82) is 0 Å². The predicted molar refractivity (Wildman–Crippen MR) is 82.9 cm³/mol. The van der Waals surface area contributed by atoms with E-state index in [1.165, 1.54) is 0 Å². The van der Waals surface area contributed by atoms with Crippen LogP contribution in [0.4, 0.5) is 0 Å². The van der Waals surface area contributed by atoms with Crippen molar-refractivity contribution in [1.82, 2.24) is 14.9 Å². The van der Waals surface area contributed by atoms with E-state index in [2.05, 4.69) is 31.1 Å². The minimum Gasteiger partial charge on any atom is -0.307 e. The van der Waals surface area contributed by atoms with Gasteiger partial charge in [0.15, 0.2) is 0 Å². The molecule has 1 heterocycles. The summed E-state index contributed by atoms with van der Waals surface area (Å²) < 4.78 is 1.76. The second-order valence-corrected chi connectivity index (χ2v) is 5.56. The highest BCUT2D eigenvalue weighted by Gasteiger charge is 2.15. The molecule has 1 aromatic heterocycles. The minimum absolute atomic E-state index is 0.0475. The molecule has 0 bridgehead atoms. The molecule has 4 heteroatoms. The Labute approximate surface area is 119 Å². The summed E-state index contributed by atoms with van der Waals surface area (Å²) in [5.41, 5.74) is 0.821. The Hall–Kier alpha value is -1.68. The third-order valence-electron chi connectivity index (χ3n) is 3.43. The molecule has 0 saturated carbocycles. The smallest absolute Gasteiger partial charge is 0.261 e. The summed E-state index contributed by atoms with van der Waals surface area (Å²) in [4.78, 5) is 17.2. The summed E-state index contributed by atoms with van der Waals surface area (Å²) in [6.07, 6.45) is 0. The van der Waals surface area contributed by atoms with Crippen LogP contribution in [0.2, 0.25) is 0 Å². The number of benzene rings is 1. The van der Waals surface area contributed by atoms with E-state index in [0.29, 0.717) is 17.8 Å². The largest absolute Gasteiger partial charge is 0.307 e. The molecule has 0 aliphatic carbocycles. The molecule has 0 saturated heterocycles. The molecule has 0 fully saturated rings. The third-order valence-corrected chi connectivity index (χ3v) is 3.43. The van der Waals surface area contributed by atoms with Crippen molar-refractivity contribution in [3.05, 3.63) is 40.4 Å². The van der Waals surface area contributed by atoms with Gasteiger partial charge in [-0.1, -0.05) is 26.0 Å². The van der Waals surface area contributed by atoms with Crippen molar-refractivity contribution in [2.24, 2.45) is 5.92 Å². The van der Waals surface area contributed by atoms with Crippen LogP contribution in [0.3, 0.4) is 0 Å². The Morgan fingerprint density at radius 3 is 2.60 bits per heavy atom. The van der Waals surface area contributed by atoms with E-state index in [0.717, 1.165) is 17.9 Å². The quantitative estimate of drug-likeness (QED) is 0.911. The van der Waals surface area contributed by atoms with Crippen LogP contribution in [0, 0.1) is 5.92 Å². The van der Waals surface area contributed by atoms with Crippen LogP contribution in [0.15, 0.2) is 29.1 Å². The monoisotopic (exact) mass is 273 g/mol. The van der Waals surface area contributed by atoms with Crippen LogP contribution in [0.1, 0.15) is 39.6 Å². The first-order valence-corrected chi connectivity index (χ1v) is 7.27. The molecule has 108 valence electrons. The first kappa shape index (κ1) is 14.7. The highest BCUT2D eigenvalue weighted by molar-refractivity contribution is 5.77. The summed E-state index contributed by atoms with van der Waals surface area (Å²) in [5.74, 6) is 1.39. The molecule has 0 aliphatic rings. The van der Waals surface area contributed by atoms with Crippen molar-refractivity contribution in [3.8, 4) is 0 Å². The first-order chi connectivity index (χ1) is 9.54. The van der Waals surface area contributed by atoms with Crippen molar-refractivity contribution in [2.75, 3.05) is 6.54 Å². The molecule has 0 aliphatic heterocycles. The number of aromatic nitrogens is 2. The lowest BCUT2D eigenvalue weighted by molar-refractivity contribution is 0.461. The highest BCUT2D eigenvalue weighted by atomic mass is 16.1. The summed E-state index contributed by atoms with van der Waals surface area (Å²) in [7, 11) is 0. The van der Waals surface area contributed by atoms with Gasteiger partial charge in [0.05, 0.1) is 16.9 Å². The SMILES string of the molecule is CCn1c([C@H](C)NCC(C)C)nc2ccccc2c1=O. The van der Waals surface area contributed by atoms with E-state index in [1.54, 1.807) is 4.57 Å². The van der Waals surface area contributed by atoms with Gasteiger partial charge < -0.3 is 5.32 Å². The van der Waals surface area contributed by atoms with E-state index in [4.69, 9.17) is 0 Å². The maximum atomic E-state index is 12.5. The molecule has 20 heavy (non-hydrogen) atoms. The zero-order valence-electron chi connectivity index (χ0n) is 12.7.